The first-order valence-corrected chi connectivity index (χ1v) is 6.41. The summed E-state index contributed by atoms with van der Waals surface area (Å²) in [4.78, 5) is 0. The summed E-state index contributed by atoms with van der Waals surface area (Å²) in [5, 5.41) is 11.4. The highest BCUT2D eigenvalue weighted by atomic mass is 15.1. The number of hydrogen-bond acceptors (Lipinski definition) is 3. The largest absolute Gasteiger partial charge is 0.310 e. The van der Waals surface area contributed by atoms with Gasteiger partial charge in [0.15, 0.2) is 0 Å². The lowest BCUT2D eigenvalue weighted by atomic mass is 9.81. The molecule has 2 rings (SSSR count). The average Bonchev–Trinajstić information content (AvgIpc) is 2.38. The van der Waals surface area contributed by atoms with Crippen LogP contribution in [-0.2, 0) is 0 Å². The van der Waals surface area contributed by atoms with E-state index in [9.17, 15) is 0 Å². The molecule has 1 aliphatic rings. The molecule has 1 aromatic rings. The fourth-order valence-electron chi connectivity index (χ4n) is 2.73. The molecular formula is C13H21N3. The van der Waals surface area contributed by atoms with E-state index in [0.717, 1.165) is 12.5 Å². The van der Waals surface area contributed by atoms with Crippen molar-refractivity contribution in [2.24, 2.45) is 5.92 Å². The summed E-state index contributed by atoms with van der Waals surface area (Å²) in [5.41, 5.74) is 1.30. The van der Waals surface area contributed by atoms with Crippen molar-refractivity contribution in [2.75, 3.05) is 6.54 Å². The van der Waals surface area contributed by atoms with Crippen LogP contribution in [0.5, 0.6) is 0 Å². The second kappa shape index (κ2) is 5.94. The van der Waals surface area contributed by atoms with Gasteiger partial charge in [-0.1, -0.05) is 26.2 Å². The van der Waals surface area contributed by atoms with Gasteiger partial charge >= 0.3 is 0 Å². The van der Waals surface area contributed by atoms with Crippen LogP contribution in [0.4, 0.5) is 0 Å². The monoisotopic (exact) mass is 219 g/mol. The molecule has 0 aliphatic heterocycles. The third-order valence-corrected chi connectivity index (χ3v) is 3.51. The number of aromatic nitrogens is 2. The maximum atomic E-state index is 3.99. The van der Waals surface area contributed by atoms with Gasteiger partial charge in [-0.15, -0.1) is 0 Å². The Kier molecular flexibility index (Phi) is 4.28. The van der Waals surface area contributed by atoms with E-state index in [0.29, 0.717) is 6.04 Å². The predicted octanol–water partition coefficient (Wildman–Crippen LogP) is 2.71. The summed E-state index contributed by atoms with van der Waals surface area (Å²) < 4.78 is 0. The molecule has 16 heavy (non-hydrogen) atoms. The van der Waals surface area contributed by atoms with E-state index in [1.165, 1.54) is 37.7 Å². The zero-order valence-electron chi connectivity index (χ0n) is 10.0. The first kappa shape index (κ1) is 11.5. The third kappa shape index (κ3) is 2.79. The highest BCUT2D eigenvalue weighted by molar-refractivity contribution is 5.13. The van der Waals surface area contributed by atoms with Crippen LogP contribution < -0.4 is 5.32 Å². The summed E-state index contributed by atoms with van der Waals surface area (Å²) >= 11 is 0. The molecule has 1 aromatic heterocycles. The highest BCUT2D eigenvalue weighted by Crippen LogP contribution is 2.33. The Balaban J connectivity index is 2.09. The third-order valence-electron chi connectivity index (χ3n) is 3.51. The Bertz CT molecular complexity index is 293. The SMILES string of the molecule is CCNC(c1ccnnc1)C1CCCCC1. The van der Waals surface area contributed by atoms with Gasteiger partial charge in [0.1, 0.15) is 0 Å². The van der Waals surface area contributed by atoms with E-state index in [1.807, 2.05) is 6.20 Å². The highest BCUT2D eigenvalue weighted by Gasteiger charge is 2.24. The quantitative estimate of drug-likeness (QED) is 0.846. The van der Waals surface area contributed by atoms with Crippen LogP contribution in [0.25, 0.3) is 0 Å². The molecule has 3 nitrogen and oxygen atoms in total. The molecule has 88 valence electrons. The lowest BCUT2D eigenvalue weighted by Gasteiger charge is -2.30. The normalized spacial score (nSPS) is 19.6. The number of nitrogens with zero attached hydrogens (tertiary/aromatic N) is 2. The Hall–Kier alpha value is -0.960. The molecule has 1 aliphatic carbocycles. The van der Waals surface area contributed by atoms with Gasteiger partial charge in [-0.05, 0) is 36.9 Å². The second-order valence-electron chi connectivity index (χ2n) is 4.61. The van der Waals surface area contributed by atoms with E-state index < -0.39 is 0 Å². The van der Waals surface area contributed by atoms with Crippen LogP contribution in [-0.4, -0.2) is 16.7 Å². The Labute approximate surface area is 97.7 Å². The lowest BCUT2D eigenvalue weighted by Crippen LogP contribution is -2.29. The molecule has 0 amide bonds. The van der Waals surface area contributed by atoms with Crippen LogP contribution in [0.15, 0.2) is 18.5 Å². The van der Waals surface area contributed by atoms with Gasteiger partial charge in [-0.25, -0.2) is 0 Å². The van der Waals surface area contributed by atoms with Crippen molar-refractivity contribution in [3.63, 3.8) is 0 Å². The topological polar surface area (TPSA) is 37.8 Å². The lowest BCUT2D eigenvalue weighted by molar-refractivity contribution is 0.274. The van der Waals surface area contributed by atoms with E-state index in [2.05, 4.69) is 28.5 Å². The van der Waals surface area contributed by atoms with Crippen LogP contribution in [0.2, 0.25) is 0 Å². The first-order chi connectivity index (χ1) is 7.92. The maximum absolute atomic E-state index is 3.99. The van der Waals surface area contributed by atoms with Gasteiger partial charge in [0, 0.05) is 12.2 Å². The van der Waals surface area contributed by atoms with Crippen LogP contribution in [0.3, 0.4) is 0 Å². The standard InChI is InChI=1S/C13H21N3/c1-2-14-13(11-6-4-3-5-7-11)12-8-9-15-16-10-12/h8-11,13-14H,2-7H2,1H3. The minimum atomic E-state index is 0.473. The Morgan fingerprint density at radius 1 is 1.31 bits per heavy atom. The zero-order valence-corrected chi connectivity index (χ0v) is 10.0. The van der Waals surface area contributed by atoms with Gasteiger partial charge in [0.05, 0.1) is 6.20 Å². The van der Waals surface area contributed by atoms with Gasteiger partial charge in [0.25, 0.3) is 0 Å². The van der Waals surface area contributed by atoms with E-state index >= 15 is 0 Å². The molecule has 1 unspecified atom stereocenters. The van der Waals surface area contributed by atoms with Gasteiger partial charge in [-0.3, -0.25) is 0 Å². The summed E-state index contributed by atoms with van der Waals surface area (Å²) in [6, 6.07) is 2.57. The number of hydrogen-bond donors (Lipinski definition) is 1. The van der Waals surface area contributed by atoms with Crippen molar-refractivity contribution >= 4 is 0 Å². The molecule has 1 fully saturated rings. The molecule has 3 heteroatoms. The molecular weight excluding hydrogens is 198 g/mol. The minimum Gasteiger partial charge on any atom is -0.310 e. The van der Waals surface area contributed by atoms with Gasteiger partial charge in [-0.2, -0.15) is 10.2 Å². The first-order valence-electron chi connectivity index (χ1n) is 6.41. The van der Waals surface area contributed by atoms with Crippen molar-refractivity contribution in [3.8, 4) is 0 Å². The minimum absolute atomic E-state index is 0.473. The van der Waals surface area contributed by atoms with E-state index in [1.54, 1.807) is 6.20 Å². The molecule has 1 atom stereocenters. The molecule has 1 N–H and O–H groups in total. The average molecular weight is 219 g/mol. The summed E-state index contributed by atoms with van der Waals surface area (Å²) in [7, 11) is 0. The molecule has 1 heterocycles. The van der Waals surface area contributed by atoms with Crippen molar-refractivity contribution < 1.29 is 0 Å². The van der Waals surface area contributed by atoms with E-state index in [4.69, 9.17) is 0 Å². The molecule has 0 aromatic carbocycles. The van der Waals surface area contributed by atoms with Gasteiger partial charge in [0.2, 0.25) is 0 Å². The second-order valence-corrected chi connectivity index (χ2v) is 4.61. The van der Waals surface area contributed by atoms with Crippen molar-refractivity contribution in [1.82, 2.24) is 15.5 Å². The molecule has 0 bridgehead atoms. The fourth-order valence-corrected chi connectivity index (χ4v) is 2.73. The smallest absolute Gasteiger partial charge is 0.0544 e. The van der Waals surface area contributed by atoms with Crippen LogP contribution >= 0.6 is 0 Å². The summed E-state index contributed by atoms with van der Waals surface area (Å²) in [6.45, 7) is 3.19. The number of nitrogens with one attached hydrogen (secondary N) is 1. The molecule has 0 spiro atoms. The summed E-state index contributed by atoms with van der Waals surface area (Å²) in [5.74, 6) is 0.776. The molecule has 0 saturated heterocycles. The predicted molar refractivity (Wildman–Crippen MR) is 65.0 cm³/mol. The summed E-state index contributed by atoms with van der Waals surface area (Å²) in [6.07, 6.45) is 10.6. The Morgan fingerprint density at radius 3 is 2.75 bits per heavy atom. The molecule has 0 radical (unpaired) electrons. The maximum Gasteiger partial charge on any atom is 0.0544 e. The number of rotatable bonds is 4. The molecule has 1 saturated carbocycles. The van der Waals surface area contributed by atoms with Crippen molar-refractivity contribution in [2.45, 2.75) is 45.1 Å². The van der Waals surface area contributed by atoms with Crippen molar-refractivity contribution in [1.29, 1.82) is 0 Å². The van der Waals surface area contributed by atoms with Crippen LogP contribution in [0, 0.1) is 5.92 Å². The van der Waals surface area contributed by atoms with Crippen LogP contribution in [0.1, 0.15) is 50.6 Å². The van der Waals surface area contributed by atoms with E-state index in [-0.39, 0.29) is 0 Å². The van der Waals surface area contributed by atoms with Gasteiger partial charge < -0.3 is 5.32 Å². The van der Waals surface area contributed by atoms with Crippen molar-refractivity contribution in [3.05, 3.63) is 24.0 Å². The fraction of sp³-hybridized carbons (Fsp3) is 0.692. The Morgan fingerprint density at radius 2 is 2.12 bits per heavy atom. The zero-order chi connectivity index (χ0) is 11.2.